The molecule has 28 heavy (non-hydrogen) atoms. The van der Waals surface area contributed by atoms with Crippen molar-refractivity contribution in [3.63, 3.8) is 0 Å². The highest BCUT2D eigenvalue weighted by Crippen LogP contribution is 2.27. The molecule has 0 bridgehead atoms. The van der Waals surface area contributed by atoms with Crippen LogP contribution in [0.2, 0.25) is 0 Å². The van der Waals surface area contributed by atoms with Crippen LogP contribution in [0.5, 0.6) is 0 Å². The van der Waals surface area contributed by atoms with Crippen molar-refractivity contribution in [2.24, 2.45) is 0 Å². The lowest BCUT2D eigenvalue weighted by molar-refractivity contribution is 0.480. The number of rotatable bonds is 4. The second-order valence-corrected chi connectivity index (χ2v) is 8.39. The molecule has 0 saturated heterocycles. The first-order valence-corrected chi connectivity index (χ1v) is 9.84. The van der Waals surface area contributed by atoms with E-state index in [1.54, 1.807) is 12.1 Å². The fourth-order valence-electron chi connectivity index (χ4n) is 2.93. The first kappa shape index (κ1) is 24.2. The molecule has 0 N–H and O–H groups in total. The molecule has 0 aliphatic heterocycles. The van der Waals surface area contributed by atoms with E-state index in [-0.39, 0.29) is 35.3 Å². The molecule has 0 aliphatic rings. The average molecular weight is 397 g/mol. The van der Waals surface area contributed by atoms with E-state index in [4.69, 9.17) is 0 Å². The highest BCUT2D eigenvalue weighted by atomic mass is 19.2. The summed E-state index contributed by atoms with van der Waals surface area (Å²) in [7, 11) is 0. The second kappa shape index (κ2) is 10.1. The van der Waals surface area contributed by atoms with Gasteiger partial charge in [0, 0.05) is 0 Å². The van der Waals surface area contributed by atoms with Gasteiger partial charge in [-0.05, 0) is 58.1 Å². The Balaban J connectivity index is 0.000000280. The molecule has 0 atom stereocenters. The highest BCUT2D eigenvalue weighted by molar-refractivity contribution is 5.31. The van der Waals surface area contributed by atoms with E-state index in [1.165, 1.54) is 12.1 Å². The van der Waals surface area contributed by atoms with E-state index in [9.17, 15) is 17.6 Å². The van der Waals surface area contributed by atoms with Crippen molar-refractivity contribution in [2.45, 2.75) is 79.1 Å². The van der Waals surface area contributed by atoms with Crippen molar-refractivity contribution in [2.75, 3.05) is 0 Å². The molecule has 156 valence electrons. The van der Waals surface area contributed by atoms with Crippen LogP contribution >= 0.6 is 0 Å². The predicted octanol–water partition coefficient (Wildman–Crippen LogP) is 8.42. The maximum absolute atomic E-state index is 13.5. The summed E-state index contributed by atoms with van der Waals surface area (Å²) in [6, 6.07) is 5.99. The van der Waals surface area contributed by atoms with Crippen molar-refractivity contribution < 1.29 is 17.6 Å². The van der Waals surface area contributed by atoms with Crippen LogP contribution < -0.4 is 0 Å². The third-order valence-electron chi connectivity index (χ3n) is 4.75. The minimum absolute atomic E-state index is 0.0192. The van der Waals surface area contributed by atoms with Gasteiger partial charge in [-0.15, -0.1) is 0 Å². The Kier molecular flexibility index (Phi) is 8.72. The first-order valence-electron chi connectivity index (χ1n) is 9.84. The molecular formula is C24H32F4. The van der Waals surface area contributed by atoms with Gasteiger partial charge in [0.05, 0.1) is 0 Å². The van der Waals surface area contributed by atoms with Crippen molar-refractivity contribution in [1.29, 1.82) is 0 Å². The lowest BCUT2D eigenvalue weighted by atomic mass is 9.96. The Morgan fingerprint density at radius 2 is 0.714 bits per heavy atom. The van der Waals surface area contributed by atoms with Gasteiger partial charge in [-0.3, -0.25) is 0 Å². The van der Waals surface area contributed by atoms with Gasteiger partial charge in [0.1, 0.15) is 11.6 Å². The van der Waals surface area contributed by atoms with Crippen molar-refractivity contribution >= 4 is 0 Å². The molecule has 2 rings (SSSR count). The minimum Gasteiger partial charge on any atom is -0.207 e. The van der Waals surface area contributed by atoms with E-state index in [0.29, 0.717) is 22.3 Å². The van der Waals surface area contributed by atoms with Crippen LogP contribution in [0.4, 0.5) is 17.6 Å². The third-order valence-corrected chi connectivity index (χ3v) is 4.75. The van der Waals surface area contributed by atoms with Crippen molar-refractivity contribution in [3.8, 4) is 0 Å². The summed E-state index contributed by atoms with van der Waals surface area (Å²) >= 11 is 0. The average Bonchev–Trinajstić information content (AvgIpc) is 2.58. The maximum Gasteiger partial charge on any atom is 0.162 e. The summed E-state index contributed by atoms with van der Waals surface area (Å²) in [4.78, 5) is 0. The molecule has 2 aromatic rings. The van der Waals surface area contributed by atoms with Gasteiger partial charge in [0.25, 0.3) is 0 Å². The fraction of sp³-hybridized carbons (Fsp3) is 0.500. The Hall–Kier alpha value is -1.84. The van der Waals surface area contributed by atoms with Gasteiger partial charge in [0.15, 0.2) is 11.6 Å². The SMILES string of the molecule is CC(C)c1cc(F)c(C(C)C)cc1F.CC(C)c1ccc(C(C)C)c(F)c1F. The Labute approximate surface area is 167 Å². The van der Waals surface area contributed by atoms with Gasteiger partial charge in [-0.2, -0.15) is 0 Å². The van der Waals surface area contributed by atoms with Crippen LogP contribution in [0.3, 0.4) is 0 Å². The summed E-state index contributed by atoms with van der Waals surface area (Å²) in [6.07, 6.45) is 0. The molecule has 0 radical (unpaired) electrons. The van der Waals surface area contributed by atoms with Crippen molar-refractivity contribution in [1.82, 2.24) is 0 Å². The summed E-state index contributed by atoms with van der Waals surface area (Å²) in [6.45, 7) is 14.8. The van der Waals surface area contributed by atoms with Crippen molar-refractivity contribution in [3.05, 3.63) is 69.8 Å². The van der Waals surface area contributed by atoms with Crippen LogP contribution in [-0.4, -0.2) is 0 Å². The quantitative estimate of drug-likeness (QED) is 0.455. The molecule has 0 nitrogen and oxygen atoms in total. The first-order chi connectivity index (χ1) is 12.9. The molecule has 0 aliphatic carbocycles. The number of benzene rings is 2. The zero-order chi connectivity index (χ0) is 21.8. The van der Waals surface area contributed by atoms with Gasteiger partial charge < -0.3 is 0 Å². The van der Waals surface area contributed by atoms with E-state index >= 15 is 0 Å². The minimum atomic E-state index is -0.689. The molecule has 4 heteroatoms. The van der Waals surface area contributed by atoms with E-state index in [2.05, 4.69) is 0 Å². The third kappa shape index (κ3) is 5.83. The Morgan fingerprint density at radius 3 is 0.929 bits per heavy atom. The molecule has 0 amide bonds. The molecule has 0 spiro atoms. The molecule has 0 aromatic heterocycles. The van der Waals surface area contributed by atoms with Gasteiger partial charge in [-0.25, -0.2) is 17.6 Å². The number of halogens is 4. The van der Waals surface area contributed by atoms with Crippen LogP contribution in [0, 0.1) is 23.3 Å². The maximum atomic E-state index is 13.5. The zero-order valence-corrected chi connectivity index (χ0v) is 18.1. The molecule has 2 aromatic carbocycles. The van der Waals surface area contributed by atoms with Gasteiger partial charge in [0.2, 0.25) is 0 Å². The smallest absolute Gasteiger partial charge is 0.162 e. The molecule has 0 heterocycles. The predicted molar refractivity (Wildman–Crippen MR) is 109 cm³/mol. The highest BCUT2D eigenvalue weighted by Gasteiger charge is 2.17. The van der Waals surface area contributed by atoms with E-state index in [0.717, 1.165) is 0 Å². The topological polar surface area (TPSA) is 0 Å². The summed E-state index contributed by atoms with van der Waals surface area (Å²) in [5.74, 6) is -1.90. The lowest BCUT2D eigenvalue weighted by Crippen LogP contribution is -2.02. The van der Waals surface area contributed by atoms with Crippen LogP contribution in [0.1, 0.15) is 101 Å². The van der Waals surface area contributed by atoms with Gasteiger partial charge in [-0.1, -0.05) is 67.5 Å². The zero-order valence-electron chi connectivity index (χ0n) is 18.1. The van der Waals surface area contributed by atoms with Gasteiger partial charge >= 0.3 is 0 Å². The van der Waals surface area contributed by atoms with Crippen LogP contribution in [-0.2, 0) is 0 Å². The van der Waals surface area contributed by atoms with Crippen LogP contribution in [0.15, 0.2) is 24.3 Å². The second-order valence-electron chi connectivity index (χ2n) is 8.39. The summed E-state index contributed by atoms with van der Waals surface area (Å²) < 4.78 is 53.9. The summed E-state index contributed by atoms with van der Waals surface area (Å²) in [5.41, 5.74) is 1.80. The lowest BCUT2D eigenvalue weighted by Gasteiger charge is -2.12. The molecule has 0 fully saturated rings. The molecule has 0 unspecified atom stereocenters. The largest absolute Gasteiger partial charge is 0.207 e. The molecule has 0 saturated carbocycles. The van der Waals surface area contributed by atoms with E-state index < -0.39 is 11.6 Å². The standard InChI is InChI=1S/2C12H16F2/c1-7(2)9-5-12(14)10(8(3)4)6-11(9)13;1-7(2)9-5-6-10(8(3)4)12(14)11(9)13/h2*5-8H,1-4H3. The monoisotopic (exact) mass is 396 g/mol. The number of hydrogen-bond acceptors (Lipinski definition) is 0. The number of hydrogen-bond donors (Lipinski definition) is 0. The normalized spacial score (nSPS) is 11.4. The Morgan fingerprint density at radius 1 is 0.464 bits per heavy atom. The summed E-state index contributed by atoms with van der Waals surface area (Å²) in [5, 5.41) is 0. The molecular weight excluding hydrogens is 364 g/mol. The van der Waals surface area contributed by atoms with Crippen LogP contribution in [0.25, 0.3) is 0 Å². The fourth-order valence-corrected chi connectivity index (χ4v) is 2.93. The van der Waals surface area contributed by atoms with E-state index in [1.807, 2.05) is 55.4 Å². The Bertz CT molecular complexity index is 711.